The Morgan fingerprint density at radius 2 is 2.20 bits per heavy atom. The first kappa shape index (κ1) is 14.8. The predicted molar refractivity (Wildman–Crippen MR) is 83.0 cm³/mol. The Morgan fingerprint density at radius 1 is 1.50 bits per heavy atom. The maximum Gasteiger partial charge on any atom is 0.231 e. The van der Waals surface area contributed by atoms with E-state index in [1.54, 1.807) is 20.0 Å². The Kier molecular flexibility index (Phi) is 3.97. The van der Waals surface area contributed by atoms with Crippen LogP contribution in [0.25, 0.3) is 10.9 Å². The number of halogens is 1. The standard InChI is InChI=1S/C15H18ClN3O/c1-9-7-11(16)13(10-5-4-6-18-12(9)10)19-14(20)15(2,3)8-17/h4-7H,8,17H2,1-3H3,(H,19,20). The van der Waals surface area contributed by atoms with Gasteiger partial charge in [0.25, 0.3) is 0 Å². The lowest BCUT2D eigenvalue weighted by atomic mass is 9.92. The van der Waals surface area contributed by atoms with Crippen LogP contribution in [0.5, 0.6) is 0 Å². The van der Waals surface area contributed by atoms with Crippen LogP contribution in [0.3, 0.4) is 0 Å². The van der Waals surface area contributed by atoms with Gasteiger partial charge in [0.2, 0.25) is 5.91 Å². The Labute approximate surface area is 123 Å². The van der Waals surface area contributed by atoms with Gasteiger partial charge in [-0.2, -0.15) is 0 Å². The number of amides is 1. The van der Waals surface area contributed by atoms with Crippen molar-refractivity contribution in [3.05, 3.63) is 35.0 Å². The summed E-state index contributed by atoms with van der Waals surface area (Å²) in [6.07, 6.45) is 1.72. The molecule has 0 aliphatic carbocycles. The van der Waals surface area contributed by atoms with Crippen LogP contribution >= 0.6 is 11.6 Å². The number of hydrogen-bond donors (Lipinski definition) is 2. The van der Waals surface area contributed by atoms with Gasteiger partial charge in [0.1, 0.15) is 0 Å². The fraction of sp³-hybridized carbons (Fsp3) is 0.333. The second kappa shape index (κ2) is 5.38. The molecule has 2 rings (SSSR count). The first-order chi connectivity index (χ1) is 9.36. The number of hydrogen-bond acceptors (Lipinski definition) is 3. The molecule has 20 heavy (non-hydrogen) atoms. The highest BCUT2D eigenvalue weighted by molar-refractivity contribution is 6.35. The fourth-order valence-corrected chi connectivity index (χ4v) is 2.20. The fourth-order valence-electron chi connectivity index (χ4n) is 1.88. The van der Waals surface area contributed by atoms with E-state index in [2.05, 4.69) is 10.3 Å². The number of aryl methyl sites for hydroxylation is 1. The number of fused-ring (bicyclic) bond motifs is 1. The lowest BCUT2D eigenvalue weighted by molar-refractivity contribution is -0.123. The van der Waals surface area contributed by atoms with E-state index in [9.17, 15) is 4.79 Å². The van der Waals surface area contributed by atoms with Gasteiger partial charge in [0.15, 0.2) is 0 Å². The van der Waals surface area contributed by atoms with Gasteiger partial charge in [-0.15, -0.1) is 0 Å². The Bertz CT molecular complexity index is 667. The van der Waals surface area contributed by atoms with Crippen LogP contribution in [0.4, 0.5) is 5.69 Å². The predicted octanol–water partition coefficient (Wildman–Crippen LogP) is 3.12. The zero-order valence-electron chi connectivity index (χ0n) is 11.8. The van der Waals surface area contributed by atoms with Gasteiger partial charge in [-0.05, 0) is 44.5 Å². The third-order valence-corrected chi connectivity index (χ3v) is 3.69. The molecule has 0 atom stereocenters. The molecule has 2 aromatic rings. The minimum absolute atomic E-state index is 0.157. The quantitative estimate of drug-likeness (QED) is 0.913. The molecular weight excluding hydrogens is 274 g/mol. The minimum atomic E-state index is -0.650. The van der Waals surface area contributed by atoms with Gasteiger partial charge in [0.05, 0.1) is 21.6 Å². The van der Waals surface area contributed by atoms with Crippen LogP contribution < -0.4 is 11.1 Å². The van der Waals surface area contributed by atoms with Crippen molar-refractivity contribution in [1.29, 1.82) is 0 Å². The van der Waals surface area contributed by atoms with Crippen molar-refractivity contribution in [2.24, 2.45) is 11.1 Å². The summed E-state index contributed by atoms with van der Waals surface area (Å²) in [5.41, 5.74) is 7.37. The molecule has 3 N–H and O–H groups in total. The number of pyridine rings is 1. The molecule has 4 nitrogen and oxygen atoms in total. The average Bonchev–Trinajstić information content (AvgIpc) is 2.43. The zero-order chi connectivity index (χ0) is 14.9. The van der Waals surface area contributed by atoms with Crippen LogP contribution in [0.2, 0.25) is 5.02 Å². The number of nitrogens with zero attached hydrogens (tertiary/aromatic N) is 1. The Balaban J connectivity index is 2.53. The molecule has 0 bridgehead atoms. The maximum absolute atomic E-state index is 12.3. The molecule has 0 unspecified atom stereocenters. The minimum Gasteiger partial charge on any atom is -0.329 e. The molecule has 0 aliphatic rings. The molecule has 1 amide bonds. The number of nitrogens with one attached hydrogen (secondary N) is 1. The summed E-state index contributed by atoms with van der Waals surface area (Å²) in [6.45, 7) is 5.80. The molecule has 5 heteroatoms. The molecule has 0 saturated heterocycles. The summed E-state index contributed by atoms with van der Waals surface area (Å²) >= 11 is 6.27. The number of rotatable bonds is 3. The smallest absolute Gasteiger partial charge is 0.231 e. The van der Waals surface area contributed by atoms with Crippen molar-refractivity contribution in [2.75, 3.05) is 11.9 Å². The van der Waals surface area contributed by atoms with Gasteiger partial charge >= 0.3 is 0 Å². The summed E-state index contributed by atoms with van der Waals surface area (Å²) in [4.78, 5) is 16.6. The van der Waals surface area contributed by atoms with Crippen molar-refractivity contribution in [3.63, 3.8) is 0 Å². The monoisotopic (exact) mass is 291 g/mol. The lowest BCUT2D eigenvalue weighted by Crippen LogP contribution is -2.37. The second-order valence-electron chi connectivity index (χ2n) is 5.49. The third-order valence-electron chi connectivity index (χ3n) is 3.40. The summed E-state index contributed by atoms with van der Waals surface area (Å²) in [5.74, 6) is -0.157. The summed E-state index contributed by atoms with van der Waals surface area (Å²) in [6, 6.07) is 5.52. The van der Waals surface area contributed by atoms with Gasteiger partial charge in [-0.3, -0.25) is 9.78 Å². The van der Waals surface area contributed by atoms with E-state index in [0.29, 0.717) is 10.7 Å². The van der Waals surface area contributed by atoms with E-state index in [1.165, 1.54) is 0 Å². The topological polar surface area (TPSA) is 68.0 Å². The molecule has 0 saturated carbocycles. The van der Waals surface area contributed by atoms with Crippen molar-refractivity contribution in [1.82, 2.24) is 4.98 Å². The van der Waals surface area contributed by atoms with Gasteiger partial charge in [-0.25, -0.2) is 0 Å². The number of benzene rings is 1. The van der Waals surface area contributed by atoms with Gasteiger partial charge in [-0.1, -0.05) is 11.6 Å². The van der Waals surface area contributed by atoms with Crippen molar-refractivity contribution in [3.8, 4) is 0 Å². The molecule has 0 spiro atoms. The highest BCUT2D eigenvalue weighted by Gasteiger charge is 2.27. The van der Waals surface area contributed by atoms with E-state index in [1.807, 2.05) is 25.1 Å². The number of carbonyl (C=O) groups excluding carboxylic acids is 1. The first-order valence-electron chi connectivity index (χ1n) is 6.42. The molecule has 0 aliphatic heterocycles. The summed E-state index contributed by atoms with van der Waals surface area (Å²) in [7, 11) is 0. The van der Waals surface area contributed by atoms with Crippen molar-refractivity contribution >= 4 is 34.1 Å². The van der Waals surface area contributed by atoms with E-state index in [0.717, 1.165) is 16.5 Å². The molecular formula is C15H18ClN3O. The van der Waals surface area contributed by atoms with Crippen LogP contribution in [0, 0.1) is 12.3 Å². The van der Waals surface area contributed by atoms with Crippen molar-refractivity contribution in [2.45, 2.75) is 20.8 Å². The normalized spacial score (nSPS) is 11.7. The van der Waals surface area contributed by atoms with E-state index in [4.69, 9.17) is 17.3 Å². The van der Waals surface area contributed by atoms with Gasteiger partial charge < -0.3 is 11.1 Å². The van der Waals surface area contributed by atoms with Crippen LogP contribution in [0.1, 0.15) is 19.4 Å². The molecule has 106 valence electrons. The highest BCUT2D eigenvalue weighted by atomic mass is 35.5. The highest BCUT2D eigenvalue weighted by Crippen LogP contribution is 2.33. The van der Waals surface area contributed by atoms with E-state index in [-0.39, 0.29) is 12.5 Å². The van der Waals surface area contributed by atoms with E-state index < -0.39 is 5.41 Å². The van der Waals surface area contributed by atoms with Gasteiger partial charge in [0, 0.05) is 18.1 Å². The van der Waals surface area contributed by atoms with Crippen molar-refractivity contribution < 1.29 is 4.79 Å². The molecule has 1 aromatic heterocycles. The molecule has 1 heterocycles. The summed E-state index contributed by atoms with van der Waals surface area (Å²) in [5, 5.41) is 4.22. The molecule has 0 fully saturated rings. The zero-order valence-corrected chi connectivity index (χ0v) is 12.6. The molecule has 1 aromatic carbocycles. The second-order valence-corrected chi connectivity index (χ2v) is 5.90. The Hall–Kier alpha value is -1.65. The van der Waals surface area contributed by atoms with Crippen LogP contribution in [-0.2, 0) is 4.79 Å². The Morgan fingerprint density at radius 3 is 2.85 bits per heavy atom. The first-order valence-corrected chi connectivity index (χ1v) is 6.80. The third kappa shape index (κ3) is 2.62. The molecule has 0 radical (unpaired) electrons. The van der Waals surface area contributed by atoms with Crippen LogP contribution in [0.15, 0.2) is 24.4 Å². The van der Waals surface area contributed by atoms with E-state index >= 15 is 0 Å². The summed E-state index contributed by atoms with van der Waals surface area (Å²) < 4.78 is 0. The largest absolute Gasteiger partial charge is 0.329 e. The number of aromatic nitrogens is 1. The number of anilines is 1. The lowest BCUT2D eigenvalue weighted by Gasteiger charge is -2.22. The average molecular weight is 292 g/mol. The number of nitrogens with two attached hydrogens (primary N) is 1. The SMILES string of the molecule is Cc1cc(Cl)c(NC(=O)C(C)(C)CN)c2cccnc12. The maximum atomic E-state index is 12.3. The van der Waals surface area contributed by atoms with Crippen LogP contribution in [-0.4, -0.2) is 17.4 Å². The number of carbonyl (C=O) groups is 1.